The van der Waals surface area contributed by atoms with Crippen molar-refractivity contribution in [2.24, 2.45) is 0 Å². The second kappa shape index (κ2) is 10.4. The van der Waals surface area contributed by atoms with E-state index in [4.69, 9.17) is 9.47 Å². The van der Waals surface area contributed by atoms with E-state index < -0.39 is 0 Å². The van der Waals surface area contributed by atoms with Crippen LogP contribution in [0.25, 0.3) is 22.2 Å². The fraction of sp³-hybridized carbons (Fsp3) is 0.304. The molecule has 3 heterocycles. The summed E-state index contributed by atoms with van der Waals surface area (Å²) in [5, 5.41) is 9.58. The number of fused-ring (bicyclic) bond motifs is 1. The van der Waals surface area contributed by atoms with Gasteiger partial charge in [-0.2, -0.15) is 10.2 Å². The first kappa shape index (κ1) is 22.7. The van der Waals surface area contributed by atoms with Gasteiger partial charge >= 0.3 is 5.97 Å². The lowest BCUT2D eigenvalue weighted by atomic mass is 10.2. The molecular weight excluding hydrogens is 438 g/mol. The maximum absolute atomic E-state index is 11.5. The van der Waals surface area contributed by atoms with Gasteiger partial charge < -0.3 is 14.2 Å². The lowest BCUT2D eigenvalue weighted by molar-refractivity contribution is -0.141. The van der Waals surface area contributed by atoms with E-state index in [2.05, 4.69) is 33.0 Å². The van der Waals surface area contributed by atoms with Gasteiger partial charge in [0.05, 0.1) is 18.3 Å². The third kappa shape index (κ3) is 5.85. The molecule has 0 aliphatic carbocycles. The summed E-state index contributed by atoms with van der Waals surface area (Å²) < 4.78 is 19.7. The molecule has 0 spiro atoms. The van der Waals surface area contributed by atoms with Crippen LogP contribution in [0.3, 0.4) is 0 Å². The average Bonchev–Trinajstić information content (AvgIpc) is 3.43. The zero-order chi connectivity index (χ0) is 23.2. The molecule has 33 heavy (non-hydrogen) atoms. The summed E-state index contributed by atoms with van der Waals surface area (Å²) in [5.74, 6) is 0.753. The van der Waals surface area contributed by atoms with Crippen LogP contribution in [0.5, 0.6) is 11.6 Å². The average molecular weight is 465 g/mol. The molecule has 1 aromatic carbocycles. The second-order valence-corrected chi connectivity index (χ2v) is 10.7. The minimum Gasteiger partial charge on any atom is -0.468 e. The van der Waals surface area contributed by atoms with Crippen molar-refractivity contribution in [3.63, 3.8) is 0 Å². The highest BCUT2D eigenvalue weighted by molar-refractivity contribution is 6.55. The number of nitrogens with zero attached hydrogens (tertiary/aromatic N) is 5. The number of hydrogen-bond acceptors (Lipinski definition) is 7. The van der Waals surface area contributed by atoms with Gasteiger partial charge in [-0.3, -0.25) is 9.48 Å². The van der Waals surface area contributed by atoms with E-state index in [1.54, 1.807) is 23.3 Å². The number of methoxy groups -OCH3 is 1. The zero-order valence-corrected chi connectivity index (χ0v) is 19.9. The van der Waals surface area contributed by atoms with Crippen LogP contribution < -0.4 is 4.74 Å². The molecule has 0 aliphatic heterocycles. The van der Waals surface area contributed by atoms with Crippen molar-refractivity contribution in [2.45, 2.75) is 32.4 Å². The Balaban J connectivity index is 1.41. The first-order valence-electron chi connectivity index (χ1n) is 10.6. The molecule has 1 radical (unpaired) electrons. The number of esters is 1. The van der Waals surface area contributed by atoms with Gasteiger partial charge in [-0.25, -0.2) is 9.67 Å². The minimum absolute atomic E-state index is 0.0605. The van der Waals surface area contributed by atoms with Gasteiger partial charge in [-0.15, -0.1) is 0 Å². The second-order valence-electron chi connectivity index (χ2n) is 7.82. The van der Waals surface area contributed by atoms with Gasteiger partial charge in [0, 0.05) is 51.0 Å². The topological polar surface area (TPSA) is 93.3 Å². The molecule has 0 saturated carbocycles. The highest BCUT2D eigenvalue weighted by Crippen LogP contribution is 2.26. The molecule has 4 rings (SSSR count). The summed E-state index contributed by atoms with van der Waals surface area (Å²) in [6.45, 7) is 5.78. The Hall–Kier alpha value is -3.50. The van der Waals surface area contributed by atoms with E-state index in [0.29, 0.717) is 18.4 Å². The van der Waals surface area contributed by atoms with Gasteiger partial charge in [-0.05, 0) is 36.4 Å². The highest BCUT2D eigenvalue weighted by atomic mass is 28.3. The van der Waals surface area contributed by atoms with Crippen LogP contribution in [-0.2, 0) is 27.5 Å². The van der Waals surface area contributed by atoms with E-state index in [-0.39, 0.29) is 21.3 Å². The van der Waals surface area contributed by atoms with Crippen molar-refractivity contribution in [3.8, 4) is 22.9 Å². The highest BCUT2D eigenvalue weighted by Gasteiger charge is 2.10. The number of rotatable bonds is 10. The lowest BCUT2D eigenvalue weighted by Crippen LogP contribution is -2.11. The Morgan fingerprint density at radius 3 is 2.79 bits per heavy atom. The first-order valence-corrected chi connectivity index (χ1v) is 13.3. The van der Waals surface area contributed by atoms with Gasteiger partial charge in [0.1, 0.15) is 19.0 Å². The summed E-state index contributed by atoms with van der Waals surface area (Å²) in [7, 11) is 1.07. The quantitative estimate of drug-likeness (QED) is 0.199. The maximum atomic E-state index is 11.5. The molecule has 0 atom stereocenters. The van der Waals surface area contributed by atoms with Crippen molar-refractivity contribution in [2.75, 3.05) is 13.7 Å². The van der Waals surface area contributed by atoms with E-state index in [0.717, 1.165) is 34.8 Å². The van der Waals surface area contributed by atoms with Crippen LogP contribution in [0, 0.1) is 0 Å². The first-order chi connectivity index (χ1) is 16.0. The fourth-order valence-corrected chi connectivity index (χ4v) is 3.77. The molecular formula is C23H26N5O4Si. The molecule has 0 bridgehead atoms. The number of carbonyl (C=O) groups is 1. The molecule has 9 nitrogen and oxygen atoms in total. The Kier molecular flexibility index (Phi) is 7.15. The molecule has 171 valence electrons. The fourth-order valence-electron chi connectivity index (χ4n) is 3.22. The summed E-state index contributed by atoms with van der Waals surface area (Å²) >= 11 is 0. The normalized spacial score (nSPS) is 11.3. The molecule has 0 fully saturated rings. The predicted octanol–water partition coefficient (Wildman–Crippen LogP) is 3.99. The van der Waals surface area contributed by atoms with E-state index in [1.807, 2.05) is 41.1 Å². The molecule has 10 heteroatoms. The third-order valence-electron chi connectivity index (χ3n) is 4.97. The molecule has 3 aromatic heterocycles. The van der Waals surface area contributed by atoms with Crippen molar-refractivity contribution in [1.29, 1.82) is 0 Å². The van der Waals surface area contributed by atoms with Crippen LogP contribution in [-0.4, -0.2) is 53.0 Å². The summed E-state index contributed by atoms with van der Waals surface area (Å²) in [4.78, 5) is 15.9. The molecule has 4 aromatic rings. The Morgan fingerprint density at radius 2 is 2.03 bits per heavy atom. The van der Waals surface area contributed by atoms with Crippen LogP contribution >= 0.6 is 0 Å². The number of carbonyl (C=O) groups excluding carboxylic acids is 1. The number of aromatic nitrogens is 5. The van der Waals surface area contributed by atoms with Crippen LogP contribution in [0.2, 0.25) is 19.1 Å². The van der Waals surface area contributed by atoms with Crippen molar-refractivity contribution in [3.05, 3.63) is 55.0 Å². The lowest BCUT2D eigenvalue weighted by Gasteiger charge is -2.10. The number of pyridine rings is 1. The third-order valence-corrected chi connectivity index (χ3v) is 6.18. The smallest absolute Gasteiger partial charge is 0.327 e. The standard InChI is InChI=1S/C23H26N5O4Si/c1-30-23(29)15-27-14-18-12-19(5-6-20(18)26-27)32-22-7-4-17(13-24-22)21-8-9-25-28(21)16-31-10-11-33(2)3/h4-9,12-14H,10-11,15-16H2,1-3H3. The molecule has 0 aliphatic rings. The number of hydrogen-bond donors (Lipinski definition) is 0. The van der Waals surface area contributed by atoms with E-state index in [1.165, 1.54) is 7.11 Å². The molecule has 0 saturated heterocycles. The maximum Gasteiger partial charge on any atom is 0.327 e. The largest absolute Gasteiger partial charge is 0.468 e. The number of benzene rings is 1. The van der Waals surface area contributed by atoms with Gasteiger partial charge in [0.15, 0.2) is 0 Å². The summed E-state index contributed by atoms with van der Waals surface area (Å²) in [6, 6.07) is 12.3. The Labute approximate surface area is 193 Å². The number of ether oxygens (including phenoxy) is 3. The van der Waals surface area contributed by atoms with Crippen molar-refractivity contribution >= 4 is 25.7 Å². The zero-order valence-electron chi connectivity index (χ0n) is 18.9. The SMILES string of the molecule is COC(=O)Cn1cc2cc(Oc3ccc(-c4ccnn4COCC[Si](C)C)cn3)ccc2n1. The van der Waals surface area contributed by atoms with Gasteiger partial charge in [0.2, 0.25) is 5.88 Å². The monoisotopic (exact) mass is 464 g/mol. The van der Waals surface area contributed by atoms with Crippen molar-refractivity contribution < 1.29 is 19.0 Å². The van der Waals surface area contributed by atoms with Gasteiger partial charge in [0.25, 0.3) is 0 Å². The van der Waals surface area contributed by atoms with Crippen molar-refractivity contribution in [1.82, 2.24) is 24.5 Å². The minimum atomic E-state index is -0.353. The molecule has 0 unspecified atom stereocenters. The van der Waals surface area contributed by atoms with Gasteiger partial charge in [-0.1, -0.05) is 13.1 Å². The molecule has 0 N–H and O–H groups in total. The van der Waals surface area contributed by atoms with Crippen LogP contribution in [0.15, 0.2) is 55.0 Å². The van der Waals surface area contributed by atoms with E-state index in [9.17, 15) is 4.79 Å². The van der Waals surface area contributed by atoms with Crippen LogP contribution in [0.1, 0.15) is 0 Å². The van der Waals surface area contributed by atoms with E-state index >= 15 is 0 Å². The Morgan fingerprint density at radius 1 is 1.15 bits per heavy atom. The molecule has 0 amide bonds. The predicted molar refractivity (Wildman–Crippen MR) is 126 cm³/mol. The van der Waals surface area contributed by atoms with Crippen LogP contribution in [0.4, 0.5) is 0 Å². The summed E-state index contributed by atoms with van der Waals surface area (Å²) in [5.41, 5.74) is 2.63. The Bertz CT molecular complexity index is 1220. The summed E-state index contributed by atoms with van der Waals surface area (Å²) in [6.07, 6.45) is 5.30.